The lowest BCUT2D eigenvalue weighted by Gasteiger charge is -2.27. The average Bonchev–Trinajstić information content (AvgIpc) is 2.58. The van der Waals surface area contributed by atoms with E-state index in [1.165, 1.54) is 7.11 Å². The number of amides is 2. The first-order valence-electron chi connectivity index (χ1n) is 8.30. The van der Waals surface area contributed by atoms with Gasteiger partial charge in [-0.25, -0.2) is 4.79 Å². The molecule has 1 heterocycles. The summed E-state index contributed by atoms with van der Waals surface area (Å²) >= 11 is 0. The number of nitrogens with one attached hydrogen (secondary N) is 1. The molecule has 2 amide bonds. The summed E-state index contributed by atoms with van der Waals surface area (Å²) < 4.78 is 4.47. The number of hydrogen-bond donors (Lipinski definition) is 2. The second-order valence-corrected chi connectivity index (χ2v) is 5.87. The number of carboxylic acid groups (broad SMARTS) is 1. The predicted molar refractivity (Wildman–Crippen MR) is 85.1 cm³/mol. The summed E-state index contributed by atoms with van der Waals surface area (Å²) in [6.07, 6.45) is 3.66. The van der Waals surface area contributed by atoms with Crippen LogP contribution in [-0.4, -0.2) is 60.0 Å². The predicted octanol–water partition coefficient (Wildman–Crippen LogP) is 0.692. The molecule has 0 unspecified atom stereocenters. The highest BCUT2D eigenvalue weighted by atomic mass is 16.5. The van der Waals surface area contributed by atoms with Crippen molar-refractivity contribution in [3.05, 3.63) is 0 Å². The molecule has 136 valence electrons. The van der Waals surface area contributed by atoms with E-state index in [1.54, 1.807) is 4.90 Å². The summed E-state index contributed by atoms with van der Waals surface area (Å²) in [5, 5.41) is 11.6. The first-order valence-corrected chi connectivity index (χ1v) is 8.30. The van der Waals surface area contributed by atoms with E-state index in [4.69, 9.17) is 0 Å². The lowest BCUT2D eigenvalue weighted by atomic mass is 10.1. The molecule has 0 spiro atoms. The zero-order valence-corrected chi connectivity index (χ0v) is 14.1. The zero-order chi connectivity index (χ0) is 17.9. The minimum Gasteiger partial charge on any atom is -0.480 e. The van der Waals surface area contributed by atoms with E-state index >= 15 is 0 Å². The smallest absolute Gasteiger partial charge is 0.326 e. The van der Waals surface area contributed by atoms with E-state index in [1.807, 2.05) is 0 Å². The van der Waals surface area contributed by atoms with Crippen LogP contribution < -0.4 is 5.32 Å². The Morgan fingerprint density at radius 2 is 1.75 bits per heavy atom. The third-order valence-electron chi connectivity index (χ3n) is 4.00. The molecule has 1 aliphatic rings. The molecule has 24 heavy (non-hydrogen) atoms. The quantitative estimate of drug-likeness (QED) is 0.596. The van der Waals surface area contributed by atoms with Crippen molar-refractivity contribution in [3.8, 4) is 0 Å². The van der Waals surface area contributed by atoms with Gasteiger partial charge < -0.3 is 20.1 Å². The number of ether oxygens (including phenoxy) is 1. The van der Waals surface area contributed by atoms with E-state index in [0.29, 0.717) is 0 Å². The molecule has 1 rings (SSSR count). The van der Waals surface area contributed by atoms with Gasteiger partial charge in [0.2, 0.25) is 11.8 Å². The Balaban J connectivity index is 2.34. The van der Waals surface area contributed by atoms with Crippen LogP contribution in [0.5, 0.6) is 0 Å². The van der Waals surface area contributed by atoms with Crippen LogP contribution in [0.1, 0.15) is 51.4 Å². The van der Waals surface area contributed by atoms with Gasteiger partial charge in [0, 0.05) is 32.4 Å². The maximum atomic E-state index is 12.1. The fourth-order valence-corrected chi connectivity index (χ4v) is 2.59. The second-order valence-electron chi connectivity index (χ2n) is 5.87. The molecule has 8 heteroatoms. The van der Waals surface area contributed by atoms with Crippen molar-refractivity contribution in [1.82, 2.24) is 10.2 Å². The Kier molecular flexibility index (Phi) is 8.81. The molecule has 8 nitrogen and oxygen atoms in total. The zero-order valence-electron chi connectivity index (χ0n) is 14.1. The van der Waals surface area contributed by atoms with E-state index in [0.717, 1.165) is 32.4 Å². The van der Waals surface area contributed by atoms with Crippen LogP contribution in [0.25, 0.3) is 0 Å². The standard InChI is InChI=1S/C16H26N2O6/c1-24-15(21)7-5-6-13(19)17-12(16(22)23)8-9-14(20)18-10-3-2-4-11-18/h12H,2-11H2,1H3,(H,17,19)(H,22,23)/t12-/m1/s1. The highest BCUT2D eigenvalue weighted by molar-refractivity contribution is 5.84. The van der Waals surface area contributed by atoms with Gasteiger partial charge in [0.1, 0.15) is 6.04 Å². The lowest BCUT2D eigenvalue weighted by molar-refractivity contribution is -0.143. The minimum atomic E-state index is -1.16. The van der Waals surface area contributed by atoms with Gasteiger partial charge in [-0.2, -0.15) is 0 Å². The van der Waals surface area contributed by atoms with E-state index < -0.39 is 23.9 Å². The fourth-order valence-electron chi connectivity index (χ4n) is 2.59. The number of carbonyl (C=O) groups excluding carboxylic acids is 3. The molecule has 1 fully saturated rings. The number of carbonyl (C=O) groups is 4. The average molecular weight is 342 g/mol. The van der Waals surface area contributed by atoms with E-state index in [2.05, 4.69) is 10.1 Å². The van der Waals surface area contributed by atoms with Gasteiger partial charge in [-0.3, -0.25) is 14.4 Å². The Labute approximate surface area is 141 Å². The van der Waals surface area contributed by atoms with Crippen molar-refractivity contribution in [2.24, 2.45) is 0 Å². The monoisotopic (exact) mass is 342 g/mol. The van der Waals surface area contributed by atoms with Gasteiger partial charge in [0.15, 0.2) is 0 Å². The summed E-state index contributed by atoms with van der Waals surface area (Å²) in [6, 6.07) is -1.09. The number of piperidine rings is 1. The number of esters is 1. The molecule has 1 aliphatic heterocycles. The SMILES string of the molecule is COC(=O)CCCC(=O)N[C@H](CCC(=O)N1CCCCC1)C(=O)O. The highest BCUT2D eigenvalue weighted by Crippen LogP contribution is 2.11. The second kappa shape index (κ2) is 10.6. The van der Waals surface area contributed by atoms with Gasteiger partial charge in [-0.1, -0.05) is 0 Å². The molecule has 0 radical (unpaired) electrons. The molecule has 0 aromatic heterocycles. The normalized spacial score (nSPS) is 15.5. The van der Waals surface area contributed by atoms with Gasteiger partial charge >= 0.3 is 11.9 Å². The van der Waals surface area contributed by atoms with Crippen molar-refractivity contribution < 1.29 is 29.0 Å². The van der Waals surface area contributed by atoms with Crippen LogP contribution in [0.4, 0.5) is 0 Å². The third-order valence-corrected chi connectivity index (χ3v) is 4.00. The molecule has 1 atom stereocenters. The molecule has 1 saturated heterocycles. The van der Waals surface area contributed by atoms with Crippen LogP contribution in [0.15, 0.2) is 0 Å². The molecule has 0 aromatic rings. The largest absolute Gasteiger partial charge is 0.480 e. The van der Waals surface area contributed by atoms with E-state index in [-0.39, 0.29) is 38.0 Å². The molecular weight excluding hydrogens is 316 g/mol. The Bertz CT molecular complexity index is 459. The summed E-state index contributed by atoms with van der Waals surface area (Å²) in [4.78, 5) is 47.8. The van der Waals surface area contributed by atoms with Crippen molar-refractivity contribution in [2.45, 2.75) is 57.4 Å². The first kappa shape index (κ1) is 19.9. The molecular formula is C16H26N2O6. The van der Waals surface area contributed by atoms with Crippen LogP contribution >= 0.6 is 0 Å². The molecule has 0 aliphatic carbocycles. The lowest BCUT2D eigenvalue weighted by Crippen LogP contribution is -2.42. The number of hydrogen-bond acceptors (Lipinski definition) is 5. The number of carboxylic acids is 1. The van der Waals surface area contributed by atoms with Crippen molar-refractivity contribution >= 4 is 23.8 Å². The van der Waals surface area contributed by atoms with Gasteiger partial charge in [0.25, 0.3) is 0 Å². The Morgan fingerprint density at radius 3 is 2.33 bits per heavy atom. The van der Waals surface area contributed by atoms with Crippen LogP contribution in [-0.2, 0) is 23.9 Å². The number of nitrogens with zero attached hydrogens (tertiary/aromatic N) is 1. The topological polar surface area (TPSA) is 113 Å². The Morgan fingerprint density at radius 1 is 1.08 bits per heavy atom. The molecule has 0 saturated carbocycles. The Hall–Kier alpha value is -2.12. The van der Waals surface area contributed by atoms with Crippen molar-refractivity contribution in [2.75, 3.05) is 20.2 Å². The summed E-state index contributed by atoms with van der Waals surface area (Å²) in [5.41, 5.74) is 0. The maximum Gasteiger partial charge on any atom is 0.326 e. The maximum absolute atomic E-state index is 12.1. The summed E-state index contributed by atoms with van der Waals surface area (Å²) in [7, 11) is 1.27. The van der Waals surface area contributed by atoms with Gasteiger partial charge in [-0.05, 0) is 32.1 Å². The first-order chi connectivity index (χ1) is 11.4. The van der Waals surface area contributed by atoms with Crippen molar-refractivity contribution in [1.29, 1.82) is 0 Å². The van der Waals surface area contributed by atoms with Crippen molar-refractivity contribution in [3.63, 3.8) is 0 Å². The van der Waals surface area contributed by atoms with Gasteiger partial charge in [-0.15, -0.1) is 0 Å². The summed E-state index contributed by atoms with van der Waals surface area (Å²) in [5.74, 6) is -2.09. The summed E-state index contributed by atoms with van der Waals surface area (Å²) in [6.45, 7) is 1.44. The highest BCUT2D eigenvalue weighted by Gasteiger charge is 2.23. The number of aliphatic carboxylic acids is 1. The molecule has 2 N–H and O–H groups in total. The minimum absolute atomic E-state index is 0.0406. The number of rotatable bonds is 9. The van der Waals surface area contributed by atoms with Crippen LogP contribution in [0.2, 0.25) is 0 Å². The molecule has 0 aromatic carbocycles. The van der Waals surface area contributed by atoms with Crippen LogP contribution in [0, 0.1) is 0 Å². The molecule has 0 bridgehead atoms. The fraction of sp³-hybridized carbons (Fsp3) is 0.750. The number of likely N-dealkylation sites (tertiary alicyclic amines) is 1. The van der Waals surface area contributed by atoms with Crippen LogP contribution in [0.3, 0.4) is 0 Å². The van der Waals surface area contributed by atoms with E-state index in [9.17, 15) is 24.3 Å². The number of methoxy groups -OCH3 is 1. The third kappa shape index (κ3) is 7.43. The van der Waals surface area contributed by atoms with Gasteiger partial charge in [0.05, 0.1) is 7.11 Å².